The molecule has 7 heteroatoms. The van der Waals surface area contributed by atoms with E-state index in [-0.39, 0.29) is 17.9 Å². The van der Waals surface area contributed by atoms with Gasteiger partial charge in [-0.15, -0.1) is 0 Å². The fourth-order valence-corrected chi connectivity index (χ4v) is 1.75. The first-order valence-electron chi connectivity index (χ1n) is 6.83. The van der Waals surface area contributed by atoms with E-state index in [1.165, 1.54) is 24.4 Å². The molecule has 2 amide bonds. The highest BCUT2D eigenvalue weighted by Gasteiger charge is 2.07. The minimum absolute atomic E-state index is 0.0122. The third-order valence-electron chi connectivity index (χ3n) is 2.80. The molecule has 2 N–H and O–H groups in total. The molecule has 0 aliphatic rings. The standard InChI is InChI=1S/C16H15FN4O2/c1-11(8-15(22)19-14-6-3-7-18-10-14)20-21-16(23)12-4-2-5-13(17)9-12/h2-7,9-10H,8H2,1H3,(H,19,22)(H,21,23)/b20-11+. The molecule has 1 aromatic carbocycles. The Morgan fingerprint density at radius 2 is 2.09 bits per heavy atom. The van der Waals surface area contributed by atoms with Gasteiger partial charge in [0.25, 0.3) is 5.91 Å². The number of hydrogen-bond acceptors (Lipinski definition) is 4. The predicted octanol–water partition coefficient (Wildman–Crippen LogP) is 2.36. The van der Waals surface area contributed by atoms with E-state index in [2.05, 4.69) is 20.8 Å². The highest BCUT2D eigenvalue weighted by molar-refractivity contribution is 6.06. The molecule has 1 aromatic heterocycles. The van der Waals surface area contributed by atoms with E-state index in [1.54, 1.807) is 25.3 Å². The van der Waals surface area contributed by atoms with E-state index in [1.807, 2.05) is 0 Å². The lowest BCUT2D eigenvalue weighted by molar-refractivity contribution is -0.115. The highest BCUT2D eigenvalue weighted by Crippen LogP contribution is 2.04. The van der Waals surface area contributed by atoms with Gasteiger partial charge in [-0.25, -0.2) is 9.82 Å². The summed E-state index contributed by atoms with van der Waals surface area (Å²) in [5.74, 6) is -1.33. The topological polar surface area (TPSA) is 83.4 Å². The fraction of sp³-hybridized carbons (Fsp3) is 0.125. The SMILES string of the molecule is C/C(CC(=O)Nc1cccnc1)=N\NC(=O)c1cccc(F)c1. The molecule has 1 heterocycles. The van der Waals surface area contributed by atoms with Crippen molar-refractivity contribution in [1.82, 2.24) is 10.4 Å². The summed E-state index contributed by atoms with van der Waals surface area (Å²) in [4.78, 5) is 27.5. The summed E-state index contributed by atoms with van der Waals surface area (Å²) in [6.07, 6.45) is 3.14. The monoisotopic (exact) mass is 314 g/mol. The lowest BCUT2D eigenvalue weighted by Gasteiger charge is -2.05. The summed E-state index contributed by atoms with van der Waals surface area (Å²) in [5.41, 5.74) is 3.43. The normalized spacial score (nSPS) is 11.0. The van der Waals surface area contributed by atoms with Gasteiger partial charge in [0.1, 0.15) is 5.82 Å². The van der Waals surface area contributed by atoms with Gasteiger partial charge in [-0.3, -0.25) is 14.6 Å². The molecule has 0 aliphatic carbocycles. The Balaban J connectivity index is 1.87. The first-order valence-corrected chi connectivity index (χ1v) is 6.83. The maximum atomic E-state index is 13.0. The van der Waals surface area contributed by atoms with Crippen LogP contribution in [-0.4, -0.2) is 22.5 Å². The number of aromatic nitrogens is 1. The smallest absolute Gasteiger partial charge is 0.271 e. The maximum Gasteiger partial charge on any atom is 0.271 e. The number of anilines is 1. The van der Waals surface area contributed by atoms with Gasteiger partial charge in [0.05, 0.1) is 18.3 Å². The number of benzene rings is 1. The van der Waals surface area contributed by atoms with Gasteiger partial charge >= 0.3 is 0 Å². The molecule has 0 unspecified atom stereocenters. The van der Waals surface area contributed by atoms with Crippen LogP contribution in [0.3, 0.4) is 0 Å². The second-order valence-electron chi connectivity index (χ2n) is 4.77. The molecule has 0 radical (unpaired) electrons. The quantitative estimate of drug-likeness (QED) is 0.656. The molecule has 0 fully saturated rings. The van der Waals surface area contributed by atoms with Gasteiger partial charge in [0.15, 0.2) is 0 Å². The summed E-state index contributed by atoms with van der Waals surface area (Å²) in [7, 11) is 0. The van der Waals surface area contributed by atoms with Crippen molar-refractivity contribution in [1.29, 1.82) is 0 Å². The number of rotatable bonds is 5. The van der Waals surface area contributed by atoms with Crippen LogP contribution in [0, 0.1) is 5.82 Å². The second kappa shape index (κ2) is 7.79. The zero-order valence-corrected chi connectivity index (χ0v) is 12.4. The van der Waals surface area contributed by atoms with E-state index in [4.69, 9.17) is 0 Å². The number of amides is 2. The molecule has 0 saturated heterocycles. The van der Waals surface area contributed by atoms with Crippen LogP contribution in [0.5, 0.6) is 0 Å². The summed E-state index contributed by atoms with van der Waals surface area (Å²) >= 11 is 0. The Bertz CT molecular complexity index is 732. The molecule has 0 saturated carbocycles. The minimum Gasteiger partial charge on any atom is -0.324 e. The van der Waals surface area contributed by atoms with Crippen LogP contribution in [0.25, 0.3) is 0 Å². The number of carbonyl (C=O) groups excluding carboxylic acids is 2. The summed E-state index contributed by atoms with van der Waals surface area (Å²) in [6.45, 7) is 1.61. The van der Waals surface area contributed by atoms with Gasteiger partial charge in [-0.05, 0) is 37.3 Å². The first-order chi connectivity index (χ1) is 11.0. The van der Waals surface area contributed by atoms with Crippen LogP contribution in [0.15, 0.2) is 53.9 Å². The van der Waals surface area contributed by atoms with Gasteiger partial charge in [0.2, 0.25) is 5.91 Å². The molecule has 2 aromatic rings. The average molecular weight is 314 g/mol. The van der Waals surface area contributed by atoms with Crippen LogP contribution < -0.4 is 10.7 Å². The van der Waals surface area contributed by atoms with Gasteiger partial charge in [-0.1, -0.05) is 6.07 Å². The average Bonchev–Trinajstić information content (AvgIpc) is 2.53. The summed E-state index contributed by atoms with van der Waals surface area (Å²) < 4.78 is 13.0. The van der Waals surface area contributed by atoms with Crippen molar-refractivity contribution in [2.24, 2.45) is 5.10 Å². The van der Waals surface area contributed by atoms with Crippen LogP contribution in [0.2, 0.25) is 0 Å². The number of pyridine rings is 1. The Morgan fingerprint density at radius 3 is 2.78 bits per heavy atom. The first kappa shape index (κ1) is 16.3. The molecular weight excluding hydrogens is 299 g/mol. The van der Waals surface area contributed by atoms with Crippen molar-refractivity contribution in [3.63, 3.8) is 0 Å². The molecule has 0 spiro atoms. The lowest BCUT2D eigenvalue weighted by atomic mass is 10.2. The van der Waals surface area contributed by atoms with Gasteiger partial charge in [0, 0.05) is 17.5 Å². The maximum absolute atomic E-state index is 13.0. The van der Waals surface area contributed by atoms with Gasteiger partial charge in [-0.2, -0.15) is 5.10 Å². The van der Waals surface area contributed by atoms with E-state index in [9.17, 15) is 14.0 Å². The van der Waals surface area contributed by atoms with Crippen molar-refractivity contribution < 1.29 is 14.0 Å². The number of hydrazone groups is 1. The molecule has 23 heavy (non-hydrogen) atoms. The Hall–Kier alpha value is -3.09. The molecule has 0 aliphatic heterocycles. The van der Waals surface area contributed by atoms with Gasteiger partial charge < -0.3 is 5.32 Å². The number of carbonyl (C=O) groups is 2. The molecule has 2 rings (SSSR count). The third kappa shape index (κ3) is 5.31. The second-order valence-corrected chi connectivity index (χ2v) is 4.77. The van der Waals surface area contributed by atoms with E-state index < -0.39 is 11.7 Å². The highest BCUT2D eigenvalue weighted by atomic mass is 19.1. The van der Waals surface area contributed by atoms with Crippen LogP contribution >= 0.6 is 0 Å². The molecule has 118 valence electrons. The molecular formula is C16H15FN4O2. The Kier molecular flexibility index (Phi) is 5.51. The number of hydrogen-bond donors (Lipinski definition) is 2. The van der Waals surface area contributed by atoms with Crippen molar-refractivity contribution in [3.05, 3.63) is 60.2 Å². The zero-order valence-electron chi connectivity index (χ0n) is 12.4. The summed E-state index contributed by atoms with van der Waals surface area (Å²) in [6, 6.07) is 8.67. The fourth-order valence-electron chi connectivity index (χ4n) is 1.75. The zero-order chi connectivity index (χ0) is 16.7. The van der Waals surface area contributed by atoms with E-state index in [0.717, 1.165) is 6.07 Å². The number of nitrogens with one attached hydrogen (secondary N) is 2. The Morgan fingerprint density at radius 1 is 1.26 bits per heavy atom. The Labute approximate surface area is 132 Å². The molecule has 6 nitrogen and oxygen atoms in total. The van der Waals surface area contributed by atoms with Crippen molar-refractivity contribution >= 4 is 23.2 Å². The molecule has 0 bridgehead atoms. The van der Waals surface area contributed by atoms with Crippen molar-refractivity contribution in [3.8, 4) is 0 Å². The largest absolute Gasteiger partial charge is 0.324 e. The third-order valence-corrected chi connectivity index (χ3v) is 2.80. The van der Waals surface area contributed by atoms with E-state index >= 15 is 0 Å². The van der Waals surface area contributed by atoms with Crippen molar-refractivity contribution in [2.75, 3.05) is 5.32 Å². The van der Waals surface area contributed by atoms with E-state index in [0.29, 0.717) is 11.4 Å². The number of nitrogens with zero attached hydrogens (tertiary/aromatic N) is 2. The lowest BCUT2D eigenvalue weighted by Crippen LogP contribution is -2.21. The minimum atomic E-state index is -0.545. The van der Waals surface area contributed by atoms with Crippen LogP contribution in [-0.2, 0) is 4.79 Å². The molecule has 0 atom stereocenters. The van der Waals surface area contributed by atoms with Crippen LogP contribution in [0.1, 0.15) is 23.7 Å². The summed E-state index contributed by atoms with van der Waals surface area (Å²) in [5, 5.41) is 6.48. The predicted molar refractivity (Wildman–Crippen MR) is 84.5 cm³/mol. The van der Waals surface area contributed by atoms with Crippen LogP contribution in [0.4, 0.5) is 10.1 Å². The number of halogens is 1. The van der Waals surface area contributed by atoms with Crippen molar-refractivity contribution in [2.45, 2.75) is 13.3 Å².